The summed E-state index contributed by atoms with van der Waals surface area (Å²) in [6.45, 7) is 3.71. The van der Waals surface area contributed by atoms with Gasteiger partial charge in [-0.1, -0.05) is 30.3 Å². The van der Waals surface area contributed by atoms with Crippen molar-refractivity contribution in [3.05, 3.63) is 71.4 Å². The summed E-state index contributed by atoms with van der Waals surface area (Å²) in [4.78, 5) is 28.1. The molecule has 7 nitrogen and oxygen atoms in total. The zero-order valence-electron chi connectivity index (χ0n) is 17.5. The molecule has 1 heterocycles. The van der Waals surface area contributed by atoms with Gasteiger partial charge in [0.15, 0.2) is 5.11 Å². The van der Waals surface area contributed by atoms with E-state index in [1.165, 1.54) is 16.9 Å². The van der Waals surface area contributed by atoms with Gasteiger partial charge in [-0.2, -0.15) is 0 Å². The Morgan fingerprint density at radius 1 is 1.19 bits per heavy atom. The van der Waals surface area contributed by atoms with Crippen LogP contribution in [-0.2, 0) is 14.3 Å². The molecule has 0 N–H and O–H groups in total. The maximum Gasteiger partial charge on any atom is 0.325 e. The Balaban J connectivity index is 1.99. The minimum Gasteiger partial charge on any atom is -0.497 e. The Hall–Kier alpha value is -3.36. The minimum atomic E-state index is -0.533. The van der Waals surface area contributed by atoms with Crippen molar-refractivity contribution in [3.63, 3.8) is 0 Å². The second-order valence-corrected chi connectivity index (χ2v) is 7.37. The minimum absolute atomic E-state index is 0.161. The molecule has 1 amide bonds. The van der Waals surface area contributed by atoms with Crippen LogP contribution in [0, 0.1) is 0 Å². The topological polar surface area (TPSA) is 68.3 Å². The van der Waals surface area contributed by atoms with Gasteiger partial charge in [-0.3, -0.25) is 14.5 Å². The van der Waals surface area contributed by atoms with Gasteiger partial charge in [-0.15, -0.1) is 0 Å². The number of thiocarbonyl (C=S) groups is 1. The lowest BCUT2D eigenvalue weighted by atomic mass is 10.1. The molecule has 0 aromatic heterocycles. The molecule has 0 radical (unpaired) electrons. The van der Waals surface area contributed by atoms with Crippen LogP contribution in [0.3, 0.4) is 0 Å². The molecular formula is C23H21ClN2O5S. The van der Waals surface area contributed by atoms with Gasteiger partial charge in [0.1, 0.15) is 30.3 Å². The van der Waals surface area contributed by atoms with Crippen LogP contribution < -0.4 is 14.4 Å². The third-order valence-corrected chi connectivity index (χ3v) is 5.30. The zero-order valence-corrected chi connectivity index (χ0v) is 19.1. The number of rotatable bonds is 8. The van der Waals surface area contributed by atoms with Crippen LogP contribution in [0.5, 0.6) is 11.5 Å². The average molecular weight is 473 g/mol. The number of esters is 1. The van der Waals surface area contributed by atoms with Gasteiger partial charge in [-0.05, 0) is 60.3 Å². The number of methoxy groups -OCH3 is 2. The third-order valence-electron chi connectivity index (χ3n) is 4.60. The number of benzene rings is 2. The highest BCUT2D eigenvalue weighted by Gasteiger charge is 2.40. The number of carbonyl (C=O) groups excluding carboxylic acids is 2. The third kappa shape index (κ3) is 4.92. The highest BCUT2D eigenvalue weighted by molar-refractivity contribution is 7.80. The Kier molecular flexibility index (Phi) is 7.50. The van der Waals surface area contributed by atoms with Crippen molar-refractivity contribution < 1.29 is 23.8 Å². The highest BCUT2D eigenvalue weighted by Crippen LogP contribution is 2.32. The van der Waals surface area contributed by atoms with E-state index in [2.05, 4.69) is 6.58 Å². The first-order valence-electron chi connectivity index (χ1n) is 9.51. The van der Waals surface area contributed by atoms with E-state index in [-0.39, 0.29) is 23.3 Å². The SMILES string of the molecule is C=CCOc1ccc(/C=C2/C(=O)N(c3ccc(OC)cc3)C(=S)N2CC(=O)OC)cc1Cl. The van der Waals surface area contributed by atoms with E-state index < -0.39 is 5.97 Å². The summed E-state index contributed by atoms with van der Waals surface area (Å²) in [7, 11) is 2.83. The molecule has 1 aliphatic heterocycles. The molecule has 0 saturated carbocycles. The summed E-state index contributed by atoms with van der Waals surface area (Å²) in [5.74, 6) is 0.219. The van der Waals surface area contributed by atoms with Crippen LogP contribution in [-0.4, -0.2) is 49.3 Å². The first-order valence-corrected chi connectivity index (χ1v) is 10.3. The number of anilines is 1. The molecule has 1 fully saturated rings. The standard InChI is InChI=1S/C23H21ClN2O5S/c1-4-11-31-20-10-5-15(12-18(20)24)13-19-22(28)26(16-6-8-17(29-2)9-7-16)23(32)25(19)14-21(27)30-3/h4-10,12-13H,1,11,14H2,2-3H3/b19-13-. The Morgan fingerprint density at radius 3 is 2.50 bits per heavy atom. The summed E-state index contributed by atoms with van der Waals surface area (Å²) < 4.78 is 15.4. The normalized spacial score (nSPS) is 14.7. The zero-order chi connectivity index (χ0) is 23.3. The number of ether oxygens (including phenoxy) is 3. The van der Waals surface area contributed by atoms with Crippen molar-refractivity contribution in [2.24, 2.45) is 0 Å². The molecule has 1 saturated heterocycles. The van der Waals surface area contributed by atoms with Crippen molar-refractivity contribution in [3.8, 4) is 11.5 Å². The van der Waals surface area contributed by atoms with Crippen LogP contribution in [0.2, 0.25) is 5.02 Å². The molecule has 3 rings (SSSR count). The number of hydrogen-bond donors (Lipinski definition) is 0. The molecule has 0 atom stereocenters. The fourth-order valence-corrected chi connectivity index (χ4v) is 3.61. The summed E-state index contributed by atoms with van der Waals surface area (Å²) in [5, 5.41) is 0.537. The molecule has 32 heavy (non-hydrogen) atoms. The number of nitrogens with zero attached hydrogens (tertiary/aromatic N) is 2. The number of halogens is 1. The van der Waals surface area contributed by atoms with Crippen LogP contribution in [0.25, 0.3) is 6.08 Å². The fourth-order valence-electron chi connectivity index (χ4n) is 3.02. The van der Waals surface area contributed by atoms with E-state index in [9.17, 15) is 9.59 Å². The van der Waals surface area contributed by atoms with Crippen molar-refractivity contribution in [2.45, 2.75) is 0 Å². The van der Waals surface area contributed by atoms with E-state index in [4.69, 9.17) is 38.0 Å². The first-order chi connectivity index (χ1) is 15.4. The molecule has 0 unspecified atom stereocenters. The van der Waals surface area contributed by atoms with Gasteiger partial charge in [0, 0.05) is 0 Å². The average Bonchev–Trinajstić information content (AvgIpc) is 3.02. The van der Waals surface area contributed by atoms with Gasteiger partial charge >= 0.3 is 5.97 Å². The molecule has 0 bridgehead atoms. The van der Waals surface area contributed by atoms with E-state index in [1.807, 2.05) is 0 Å². The second-order valence-electron chi connectivity index (χ2n) is 6.60. The molecule has 2 aromatic rings. The molecule has 166 valence electrons. The maximum absolute atomic E-state index is 13.3. The number of amides is 1. The monoisotopic (exact) mass is 472 g/mol. The summed E-state index contributed by atoms with van der Waals surface area (Å²) in [6, 6.07) is 12.0. The van der Waals surface area contributed by atoms with Gasteiger partial charge in [0.25, 0.3) is 5.91 Å². The maximum atomic E-state index is 13.3. The quantitative estimate of drug-likeness (QED) is 0.248. The van der Waals surface area contributed by atoms with Crippen molar-refractivity contribution >= 4 is 52.6 Å². The lowest BCUT2D eigenvalue weighted by Gasteiger charge is -2.19. The van der Waals surface area contributed by atoms with E-state index in [0.29, 0.717) is 34.4 Å². The van der Waals surface area contributed by atoms with Crippen molar-refractivity contribution in [1.82, 2.24) is 4.90 Å². The fraction of sp³-hybridized carbons (Fsp3) is 0.174. The second kappa shape index (κ2) is 10.3. The largest absolute Gasteiger partial charge is 0.497 e. The van der Waals surface area contributed by atoms with Crippen LogP contribution in [0.15, 0.2) is 60.8 Å². The number of carbonyl (C=O) groups is 2. The number of hydrogen-bond acceptors (Lipinski definition) is 6. The summed E-state index contributed by atoms with van der Waals surface area (Å²) in [5.41, 5.74) is 1.40. The van der Waals surface area contributed by atoms with Gasteiger partial charge < -0.3 is 19.1 Å². The molecule has 0 aliphatic carbocycles. The predicted octanol–water partition coefficient (Wildman–Crippen LogP) is 4.06. The van der Waals surface area contributed by atoms with E-state index in [0.717, 1.165) is 0 Å². The Morgan fingerprint density at radius 2 is 1.91 bits per heavy atom. The first kappa shape index (κ1) is 23.3. The Labute approximate surface area is 196 Å². The lowest BCUT2D eigenvalue weighted by molar-refractivity contribution is -0.140. The molecule has 9 heteroatoms. The summed E-state index contributed by atoms with van der Waals surface area (Å²) in [6.07, 6.45) is 3.23. The van der Waals surface area contributed by atoms with Gasteiger partial charge in [0.2, 0.25) is 0 Å². The highest BCUT2D eigenvalue weighted by atomic mass is 35.5. The molecule has 1 aliphatic rings. The Bertz CT molecular complexity index is 1080. The molecule has 2 aromatic carbocycles. The van der Waals surface area contributed by atoms with Crippen molar-refractivity contribution in [1.29, 1.82) is 0 Å². The van der Waals surface area contributed by atoms with Gasteiger partial charge in [-0.25, -0.2) is 0 Å². The van der Waals surface area contributed by atoms with Crippen LogP contribution in [0.4, 0.5) is 5.69 Å². The summed E-state index contributed by atoms with van der Waals surface area (Å²) >= 11 is 11.8. The van der Waals surface area contributed by atoms with Crippen molar-refractivity contribution in [2.75, 3.05) is 32.3 Å². The molecular weight excluding hydrogens is 452 g/mol. The van der Waals surface area contributed by atoms with Gasteiger partial charge in [0.05, 0.1) is 24.9 Å². The van der Waals surface area contributed by atoms with Crippen LogP contribution in [0.1, 0.15) is 5.56 Å². The van der Waals surface area contributed by atoms with Crippen LogP contribution >= 0.6 is 23.8 Å². The van der Waals surface area contributed by atoms with E-state index in [1.54, 1.807) is 61.7 Å². The van der Waals surface area contributed by atoms with E-state index >= 15 is 0 Å². The predicted molar refractivity (Wildman–Crippen MR) is 127 cm³/mol. The smallest absolute Gasteiger partial charge is 0.325 e. The lowest BCUT2D eigenvalue weighted by Crippen LogP contribution is -2.35. The molecule has 0 spiro atoms.